The summed E-state index contributed by atoms with van der Waals surface area (Å²) < 4.78 is 5.55. The van der Waals surface area contributed by atoms with Crippen LogP contribution in [0, 0.1) is 6.92 Å². The smallest absolute Gasteiger partial charge is 0.271 e. The van der Waals surface area contributed by atoms with E-state index < -0.39 is 0 Å². The summed E-state index contributed by atoms with van der Waals surface area (Å²) in [6, 6.07) is 13.5. The van der Waals surface area contributed by atoms with Gasteiger partial charge in [-0.15, -0.1) is 0 Å². The second-order valence-corrected chi connectivity index (χ2v) is 7.37. The Bertz CT molecular complexity index is 837. The largest absolute Gasteiger partial charge is 0.496 e. The molecule has 2 aromatic carbocycles. The Morgan fingerprint density at radius 1 is 1.07 bits per heavy atom. The fourth-order valence-corrected chi connectivity index (χ4v) is 3.45. The first-order valence-corrected chi connectivity index (χ1v) is 9.88. The van der Waals surface area contributed by atoms with Crippen molar-refractivity contribution in [3.05, 3.63) is 64.7 Å². The molecule has 0 bridgehead atoms. The van der Waals surface area contributed by atoms with Crippen LogP contribution in [0.2, 0.25) is 0 Å². The van der Waals surface area contributed by atoms with E-state index in [0.717, 1.165) is 47.8 Å². The lowest BCUT2D eigenvalue weighted by molar-refractivity contribution is 0.0955. The molecule has 1 N–H and O–H groups in total. The number of amides is 1. The van der Waals surface area contributed by atoms with E-state index in [4.69, 9.17) is 4.74 Å². The Hall–Kier alpha value is -2.66. The summed E-state index contributed by atoms with van der Waals surface area (Å²) in [5.41, 5.74) is 7.28. The number of aryl methyl sites for hydroxylation is 1. The molecular formula is C23H29N3O2. The first kappa shape index (κ1) is 20.1. The van der Waals surface area contributed by atoms with E-state index in [9.17, 15) is 4.79 Å². The molecule has 0 aromatic heterocycles. The number of carbonyl (C=O) groups excluding carboxylic acids is 1. The van der Waals surface area contributed by atoms with Gasteiger partial charge in [0.1, 0.15) is 5.75 Å². The number of carbonyl (C=O) groups is 1. The third-order valence-corrected chi connectivity index (χ3v) is 5.18. The van der Waals surface area contributed by atoms with Crippen LogP contribution in [0.1, 0.15) is 53.2 Å². The standard InChI is InChI=1S/C23H29N3O2/c1-17-7-9-19(10-8-17)23(27)25-24-18(2)20-11-12-22(28-3)21(15-20)16-26-13-5-4-6-14-26/h7-12,15H,4-6,13-14,16H2,1-3H3,(H,25,27)/b24-18-. The van der Waals surface area contributed by atoms with Crippen molar-refractivity contribution in [3.8, 4) is 5.75 Å². The summed E-state index contributed by atoms with van der Waals surface area (Å²) in [7, 11) is 1.71. The molecule has 0 saturated carbocycles. The van der Waals surface area contributed by atoms with Gasteiger partial charge in [-0.05, 0) is 75.7 Å². The lowest BCUT2D eigenvalue weighted by atomic mass is 10.0. The van der Waals surface area contributed by atoms with E-state index >= 15 is 0 Å². The van der Waals surface area contributed by atoms with Crippen molar-refractivity contribution in [2.24, 2.45) is 5.10 Å². The molecule has 1 amide bonds. The number of methoxy groups -OCH3 is 1. The van der Waals surface area contributed by atoms with Gasteiger partial charge in [0.05, 0.1) is 12.8 Å². The minimum Gasteiger partial charge on any atom is -0.496 e. The van der Waals surface area contributed by atoms with Gasteiger partial charge < -0.3 is 4.74 Å². The fourth-order valence-electron chi connectivity index (χ4n) is 3.45. The van der Waals surface area contributed by atoms with Gasteiger partial charge in [-0.1, -0.05) is 24.1 Å². The van der Waals surface area contributed by atoms with Gasteiger partial charge in [0.2, 0.25) is 0 Å². The Morgan fingerprint density at radius 2 is 1.75 bits per heavy atom. The van der Waals surface area contributed by atoms with E-state index in [1.807, 2.05) is 38.1 Å². The Labute approximate surface area is 167 Å². The Morgan fingerprint density at radius 3 is 2.43 bits per heavy atom. The summed E-state index contributed by atoms with van der Waals surface area (Å²) in [5, 5.41) is 4.30. The number of hydrogen-bond acceptors (Lipinski definition) is 4. The molecule has 5 nitrogen and oxygen atoms in total. The van der Waals surface area contributed by atoms with Gasteiger partial charge in [-0.3, -0.25) is 9.69 Å². The van der Waals surface area contributed by atoms with E-state index in [1.165, 1.54) is 19.3 Å². The highest BCUT2D eigenvalue weighted by atomic mass is 16.5. The third kappa shape index (κ3) is 5.20. The maximum atomic E-state index is 12.3. The summed E-state index contributed by atoms with van der Waals surface area (Å²) >= 11 is 0. The SMILES string of the molecule is COc1ccc(/C(C)=N\NC(=O)c2ccc(C)cc2)cc1CN1CCCCC1. The molecule has 0 atom stereocenters. The van der Waals surface area contributed by atoms with Crippen LogP contribution in [0.5, 0.6) is 5.75 Å². The Balaban J connectivity index is 1.72. The zero-order valence-electron chi connectivity index (χ0n) is 17.0. The van der Waals surface area contributed by atoms with Crippen molar-refractivity contribution in [2.45, 2.75) is 39.7 Å². The normalized spacial score (nSPS) is 15.3. The van der Waals surface area contributed by atoms with Crippen molar-refractivity contribution in [1.29, 1.82) is 0 Å². The monoisotopic (exact) mass is 379 g/mol. The number of hydrogen-bond donors (Lipinski definition) is 1. The zero-order valence-corrected chi connectivity index (χ0v) is 17.0. The number of rotatable bonds is 6. The molecule has 1 saturated heterocycles. The minimum atomic E-state index is -0.207. The van der Waals surface area contributed by atoms with Gasteiger partial charge in [0.15, 0.2) is 0 Å². The maximum Gasteiger partial charge on any atom is 0.271 e. The topological polar surface area (TPSA) is 53.9 Å². The van der Waals surface area contributed by atoms with E-state index in [1.54, 1.807) is 19.2 Å². The lowest BCUT2D eigenvalue weighted by Gasteiger charge is -2.27. The first-order chi connectivity index (χ1) is 13.6. The van der Waals surface area contributed by atoms with Crippen molar-refractivity contribution < 1.29 is 9.53 Å². The molecule has 5 heteroatoms. The quantitative estimate of drug-likeness (QED) is 0.606. The number of piperidine rings is 1. The molecule has 1 fully saturated rings. The molecule has 0 radical (unpaired) electrons. The molecule has 0 spiro atoms. The molecule has 1 heterocycles. The molecular weight excluding hydrogens is 350 g/mol. The summed E-state index contributed by atoms with van der Waals surface area (Å²) in [5.74, 6) is 0.687. The number of benzene rings is 2. The van der Waals surface area contributed by atoms with Crippen molar-refractivity contribution >= 4 is 11.6 Å². The maximum absolute atomic E-state index is 12.3. The van der Waals surface area contributed by atoms with Gasteiger partial charge in [0, 0.05) is 17.7 Å². The van der Waals surface area contributed by atoms with Crippen LogP contribution < -0.4 is 10.2 Å². The predicted molar refractivity (Wildman–Crippen MR) is 113 cm³/mol. The number of ether oxygens (including phenoxy) is 1. The second kappa shape index (κ2) is 9.51. The van der Waals surface area contributed by atoms with Crippen LogP contribution >= 0.6 is 0 Å². The van der Waals surface area contributed by atoms with Gasteiger partial charge >= 0.3 is 0 Å². The van der Waals surface area contributed by atoms with Gasteiger partial charge in [-0.2, -0.15) is 5.10 Å². The average molecular weight is 380 g/mol. The van der Waals surface area contributed by atoms with Gasteiger partial charge in [-0.25, -0.2) is 5.43 Å². The Kier molecular flexibility index (Phi) is 6.82. The number of nitrogens with zero attached hydrogens (tertiary/aromatic N) is 2. The molecule has 1 aliphatic heterocycles. The molecule has 2 aromatic rings. The summed E-state index contributed by atoms with van der Waals surface area (Å²) in [6.07, 6.45) is 3.83. The van der Waals surface area contributed by atoms with Crippen LogP contribution in [-0.4, -0.2) is 36.7 Å². The second-order valence-electron chi connectivity index (χ2n) is 7.37. The highest BCUT2D eigenvalue weighted by molar-refractivity contribution is 6.01. The van der Waals surface area contributed by atoms with Crippen LogP contribution in [0.3, 0.4) is 0 Å². The zero-order chi connectivity index (χ0) is 19.9. The van der Waals surface area contributed by atoms with Crippen molar-refractivity contribution in [3.63, 3.8) is 0 Å². The number of nitrogens with one attached hydrogen (secondary N) is 1. The molecule has 0 unspecified atom stereocenters. The van der Waals surface area contributed by atoms with E-state index in [2.05, 4.69) is 21.5 Å². The molecule has 28 heavy (non-hydrogen) atoms. The molecule has 1 aliphatic rings. The third-order valence-electron chi connectivity index (χ3n) is 5.18. The minimum absolute atomic E-state index is 0.207. The van der Waals surface area contributed by atoms with Crippen LogP contribution in [0.15, 0.2) is 47.6 Å². The number of hydrazone groups is 1. The fraction of sp³-hybridized carbons (Fsp3) is 0.391. The van der Waals surface area contributed by atoms with Crippen LogP contribution in [-0.2, 0) is 6.54 Å². The van der Waals surface area contributed by atoms with Crippen molar-refractivity contribution in [1.82, 2.24) is 10.3 Å². The highest BCUT2D eigenvalue weighted by Gasteiger charge is 2.14. The first-order valence-electron chi connectivity index (χ1n) is 9.88. The predicted octanol–water partition coefficient (Wildman–Crippen LogP) is 4.14. The average Bonchev–Trinajstić information content (AvgIpc) is 2.73. The van der Waals surface area contributed by atoms with Crippen LogP contribution in [0.4, 0.5) is 0 Å². The lowest BCUT2D eigenvalue weighted by Crippen LogP contribution is -2.29. The van der Waals surface area contributed by atoms with E-state index in [-0.39, 0.29) is 5.91 Å². The molecule has 0 aliphatic carbocycles. The summed E-state index contributed by atoms with van der Waals surface area (Å²) in [6.45, 7) is 7.04. The van der Waals surface area contributed by atoms with E-state index in [0.29, 0.717) is 5.56 Å². The molecule has 148 valence electrons. The molecule has 3 rings (SSSR count). The highest BCUT2D eigenvalue weighted by Crippen LogP contribution is 2.23. The summed E-state index contributed by atoms with van der Waals surface area (Å²) in [4.78, 5) is 14.7. The number of likely N-dealkylation sites (tertiary alicyclic amines) is 1. The van der Waals surface area contributed by atoms with Crippen molar-refractivity contribution in [2.75, 3.05) is 20.2 Å². The van der Waals surface area contributed by atoms with Gasteiger partial charge in [0.25, 0.3) is 5.91 Å². The van der Waals surface area contributed by atoms with Crippen LogP contribution in [0.25, 0.3) is 0 Å².